The maximum Gasteiger partial charge on any atom is 0.150 e. The van der Waals surface area contributed by atoms with Gasteiger partial charge in [-0.2, -0.15) is 0 Å². The van der Waals surface area contributed by atoms with Gasteiger partial charge in [0.25, 0.3) is 0 Å². The molecule has 3 aromatic rings. The molecule has 0 saturated carbocycles. The van der Waals surface area contributed by atoms with Crippen LogP contribution in [0.15, 0.2) is 48.5 Å². The molecular formula is C16H10O2. The minimum atomic E-state index is 0.661. The molecule has 0 aliphatic rings. The molecule has 0 bridgehead atoms. The van der Waals surface area contributed by atoms with E-state index in [4.69, 9.17) is 0 Å². The van der Waals surface area contributed by atoms with Gasteiger partial charge in [-0.1, -0.05) is 36.4 Å². The fourth-order valence-electron chi connectivity index (χ4n) is 2.24. The van der Waals surface area contributed by atoms with Gasteiger partial charge in [0.2, 0.25) is 0 Å². The molecule has 3 rings (SSSR count). The third-order valence-corrected chi connectivity index (χ3v) is 3.16. The Labute approximate surface area is 104 Å². The van der Waals surface area contributed by atoms with Gasteiger partial charge in [0, 0.05) is 11.1 Å². The van der Waals surface area contributed by atoms with Crippen LogP contribution >= 0.6 is 0 Å². The normalized spacial score (nSPS) is 10.7. The van der Waals surface area contributed by atoms with Crippen molar-refractivity contribution in [2.75, 3.05) is 0 Å². The molecule has 0 aliphatic heterocycles. The second kappa shape index (κ2) is 4.08. The molecule has 18 heavy (non-hydrogen) atoms. The van der Waals surface area contributed by atoms with Crippen molar-refractivity contribution in [1.82, 2.24) is 0 Å². The first-order valence-corrected chi connectivity index (χ1v) is 5.69. The number of rotatable bonds is 2. The molecule has 0 aromatic heterocycles. The summed E-state index contributed by atoms with van der Waals surface area (Å²) in [7, 11) is 0. The van der Waals surface area contributed by atoms with E-state index < -0.39 is 0 Å². The molecule has 0 fully saturated rings. The summed E-state index contributed by atoms with van der Waals surface area (Å²) in [5.41, 5.74) is 1.32. The lowest BCUT2D eigenvalue weighted by molar-refractivity contribution is 0.111. The van der Waals surface area contributed by atoms with E-state index >= 15 is 0 Å². The molecule has 0 aliphatic carbocycles. The molecule has 2 heteroatoms. The molecule has 86 valence electrons. The number of benzene rings is 3. The maximum absolute atomic E-state index is 10.8. The first-order valence-electron chi connectivity index (χ1n) is 5.69. The molecule has 0 spiro atoms. The molecule has 0 radical (unpaired) electrons. The summed E-state index contributed by atoms with van der Waals surface area (Å²) in [4.78, 5) is 21.6. The van der Waals surface area contributed by atoms with Gasteiger partial charge in [-0.15, -0.1) is 0 Å². The van der Waals surface area contributed by atoms with Crippen molar-refractivity contribution in [3.05, 3.63) is 59.7 Å². The molecule has 0 heterocycles. The van der Waals surface area contributed by atoms with Crippen LogP contribution in [0.1, 0.15) is 20.7 Å². The van der Waals surface area contributed by atoms with Gasteiger partial charge in [0.05, 0.1) is 0 Å². The van der Waals surface area contributed by atoms with Gasteiger partial charge in [0.15, 0.2) is 0 Å². The Balaban J connectivity index is 2.43. The number of hydrogen-bond acceptors (Lipinski definition) is 2. The van der Waals surface area contributed by atoms with Crippen LogP contribution in [0.3, 0.4) is 0 Å². The number of carbonyl (C=O) groups is 2. The second-order valence-corrected chi connectivity index (χ2v) is 4.26. The van der Waals surface area contributed by atoms with Crippen molar-refractivity contribution in [3.63, 3.8) is 0 Å². The summed E-state index contributed by atoms with van der Waals surface area (Å²) >= 11 is 0. The minimum Gasteiger partial charge on any atom is -0.298 e. The van der Waals surface area contributed by atoms with Crippen LogP contribution in [0, 0.1) is 0 Å². The number of hydrogen-bond donors (Lipinski definition) is 0. The van der Waals surface area contributed by atoms with Crippen molar-refractivity contribution in [2.24, 2.45) is 0 Å². The lowest BCUT2D eigenvalue weighted by atomic mass is 9.99. The quantitative estimate of drug-likeness (QED) is 0.501. The topological polar surface area (TPSA) is 34.1 Å². The smallest absolute Gasteiger partial charge is 0.150 e. The summed E-state index contributed by atoms with van der Waals surface area (Å²) in [6.07, 6.45) is 1.68. The van der Waals surface area contributed by atoms with Crippen molar-refractivity contribution >= 4 is 34.1 Å². The van der Waals surface area contributed by atoms with Gasteiger partial charge in [-0.25, -0.2) is 0 Å². The molecule has 0 N–H and O–H groups in total. The van der Waals surface area contributed by atoms with Crippen molar-refractivity contribution < 1.29 is 9.59 Å². The molecule has 0 atom stereocenters. The van der Waals surface area contributed by atoms with Crippen LogP contribution in [0.5, 0.6) is 0 Å². The predicted molar refractivity (Wildman–Crippen MR) is 72.2 cm³/mol. The number of carbonyl (C=O) groups excluding carboxylic acids is 2. The maximum atomic E-state index is 10.8. The SMILES string of the molecule is O=Cc1ccc2c(ccc3ccc(C=O)cc32)c1. The lowest BCUT2D eigenvalue weighted by Crippen LogP contribution is -1.84. The molecule has 0 amide bonds. The van der Waals surface area contributed by atoms with E-state index in [0.717, 1.165) is 34.1 Å². The summed E-state index contributed by atoms with van der Waals surface area (Å²) in [5, 5.41) is 4.19. The third-order valence-electron chi connectivity index (χ3n) is 3.16. The van der Waals surface area contributed by atoms with E-state index in [0.29, 0.717) is 11.1 Å². The first-order chi connectivity index (χ1) is 8.81. The Bertz CT molecular complexity index is 772. The zero-order chi connectivity index (χ0) is 12.5. The highest BCUT2D eigenvalue weighted by atomic mass is 16.1. The van der Waals surface area contributed by atoms with Crippen LogP contribution < -0.4 is 0 Å². The van der Waals surface area contributed by atoms with Crippen LogP contribution in [-0.2, 0) is 0 Å². The van der Waals surface area contributed by atoms with Gasteiger partial charge >= 0.3 is 0 Å². The van der Waals surface area contributed by atoms with Crippen molar-refractivity contribution in [3.8, 4) is 0 Å². The van der Waals surface area contributed by atoms with E-state index in [2.05, 4.69) is 0 Å². The van der Waals surface area contributed by atoms with E-state index in [-0.39, 0.29) is 0 Å². The fourth-order valence-corrected chi connectivity index (χ4v) is 2.24. The molecule has 2 nitrogen and oxygen atoms in total. The predicted octanol–water partition coefficient (Wildman–Crippen LogP) is 3.62. The van der Waals surface area contributed by atoms with E-state index in [1.165, 1.54) is 0 Å². The van der Waals surface area contributed by atoms with Crippen LogP contribution in [0.2, 0.25) is 0 Å². The summed E-state index contributed by atoms with van der Waals surface area (Å²) in [6.45, 7) is 0. The van der Waals surface area contributed by atoms with E-state index in [1.807, 2.05) is 36.4 Å². The van der Waals surface area contributed by atoms with Crippen LogP contribution in [0.4, 0.5) is 0 Å². The second-order valence-electron chi connectivity index (χ2n) is 4.26. The van der Waals surface area contributed by atoms with Gasteiger partial charge in [-0.3, -0.25) is 9.59 Å². The van der Waals surface area contributed by atoms with Crippen molar-refractivity contribution in [1.29, 1.82) is 0 Å². The number of fused-ring (bicyclic) bond motifs is 3. The lowest BCUT2D eigenvalue weighted by Gasteiger charge is -2.05. The summed E-state index contributed by atoms with van der Waals surface area (Å²) < 4.78 is 0. The standard InChI is InChI=1S/C16H10O2/c17-9-11-2-6-15-14(7-11)5-4-13-3-1-12(10-18)8-16(13)15/h1-10H. The Kier molecular flexibility index (Phi) is 2.41. The zero-order valence-corrected chi connectivity index (χ0v) is 9.59. The highest BCUT2D eigenvalue weighted by Crippen LogP contribution is 2.26. The molecule has 0 saturated heterocycles. The highest BCUT2D eigenvalue weighted by Gasteiger charge is 2.02. The van der Waals surface area contributed by atoms with Gasteiger partial charge < -0.3 is 0 Å². The molecule has 3 aromatic carbocycles. The fraction of sp³-hybridized carbons (Fsp3) is 0. The third kappa shape index (κ3) is 1.59. The van der Waals surface area contributed by atoms with E-state index in [1.54, 1.807) is 12.1 Å². The summed E-state index contributed by atoms with van der Waals surface area (Å²) in [5.74, 6) is 0. The highest BCUT2D eigenvalue weighted by molar-refractivity contribution is 6.09. The Morgan fingerprint density at radius 2 is 1.22 bits per heavy atom. The van der Waals surface area contributed by atoms with Crippen LogP contribution in [-0.4, -0.2) is 12.6 Å². The van der Waals surface area contributed by atoms with Crippen LogP contribution in [0.25, 0.3) is 21.5 Å². The van der Waals surface area contributed by atoms with Gasteiger partial charge in [0.1, 0.15) is 12.6 Å². The van der Waals surface area contributed by atoms with E-state index in [9.17, 15) is 9.59 Å². The Morgan fingerprint density at radius 1 is 0.611 bits per heavy atom. The Morgan fingerprint density at radius 3 is 2.00 bits per heavy atom. The summed E-state index contributed by atoms with van der Waals surface area (Å²) in [6, 6.07) is 15.2. The molecular weight excluding hydrogens is 224 g/mol. The Hall–Kier alpha value is -2.48. The monoisotopic (exact) mass is 234 g/mol. The molecule has 0 unspecified atom stereocenters. The first kappa shape index (κ1) is 10.7. The largest absolute Gasteiger partial charge is 0.298 e. The van der Waals surface area contributed by atoms with Crippen molar-refractivity contribution in [2.45, 2.75) is 0 Å². The average Bonchev–Trinajstić information content (AvgIpc) is 2.45. The number of aldehydes is 2. The minimum absolute atomic E-state index is 0.661. The van der Waals surface area contributed by atoms with Gasteiger partial charge in [-0.05, 0) is 33.7 Å². The average molecular weight is 234 g/mol. The zero-order valence-electron chi connectivity index (χ0n) is 9.59.